The standard InChI is InChI=1S/C20H20Br2N4O6/c1-29-15-5-11(13(21)7-17(15)31-3)9-23-25-19(27)20(28)26-24-10-12-6-16(30-2)18(32-4)8-14(12)22/h5-10H,1-4H3,(H,25,27)(H,26,28)/b23-9+,24-10+. The molecule has 0 heterocycles. The molecule has 0 radical (unpaired) electrons. The van der Waals surface area contributed by atoms with E-state index in [0.717, 1.165) is 0 Å². The molecule has 2 N–H and O–H groups in total. The van der Waals surface area contributed by atoms with Crippen molar-refractivity contribution in [2.75, 3.05) is 28.4 Å². The zero-order valence-electron chi connectivity index (χ0n) is 17.6. The summed E-state index contributed by atoms with van der Waals surface area (Å²) in [7, 11) is 6.03. The van der Waals surface area contributed by atoms with Gasteiger partial charge < -0.3 is 18.9 Å². The van der Waals surface area contributed by atoms with Crippen molar-refractivity contribution in [3.63, 3.8) is 0 Å². The Hall–Kier alpha value is -3.12. The van der Waals surface area contributed by atoms with Crippen LogP contribution in [0.25, 0.3) is 0 Å². The van der Waals surface area contributed by atoms with Gasteiger partial charge in [-0.2, -0.15) is 10.2 Å². The molecule has 2 amide bonds. The minimum atomic E-state index is -0.999. The van der Waals surface area contributed by atoms with Gasteiger partial charge in [0.05, 0.1) is 40.9 Å². The second-order valence-electron chi connectivity index (χ2n) is 5.86. The number of nitrogens with one attached hydrogen (secondary N) is 2. The van der Waals surface area contributed by atoms with Gasteiger partial charge in [-0.05, 0) is 56.1 Å². The van der Waals surface area contributed by atoms with Gasteiger partial charge in [-0.25, -0.2) is 10.9 Å². The Kier molecular flexibility index (Phi) is 9.47. The van der Waals surface area contributed by atoms with Crippen LogP contribution in [0.3, 0.4) is 0 Å². The lowest BCUT2D eigenvalue weighted by atomic mass is 10.2. The second kappa shape index (κ2) is 12.1. The van der Waals surface area contributed by atoms with Crippen molar-refractivity contribution in [1.29, 1.82) is 0 Å². The van der Waals surface area contributed by atoms with Gasteiger partial charge in [0, 0.05) is 20.1 Å². The Morgan fingerprint density at radius 2 is 1.00 bits per heavy atom. The first-order valence-corrected chi connectivity index (χ1v) is 10.4. The molecule has 0 aliphatic carbocycles. The Balaban J connectivity index is 1.99. The summed E-state index contributed by atoms with van der Waals surface area (Å²) in [5, 5.41) is 7.55. The monoisotopic (exact) mass is 570 g/mol. The number of carbonyl (C=O) groups excluding carboxylic acids is 2. The van der Waals surface area contributed by atoms with Crippen LogP contribution in [0, 0.1) is 0 Å². The van der Waals surface area contributed by atoms with Gasteiger partial charge in [-0.15, -0.1) is 0 Å². The molecule has 2 aromatic rings. The highest BCUT2D eigenvalue weighted by Gasteiger charge is 2.13. The molecule has 2 rings (SSSR count). The lowest BCUT2D eigenvalue weighted by Crippen LogP contribution is -2.35. The number of benzene rings is 2. The molecule has 10 nitrogen and oxygen atoms in total. The number of ether oxygens (including phenoxy) is 4. The highest BCUT2D eigenvalue weighted by Crippen LogP contribution is 2.33. The van der Waals surface area contributed by atoms with Crippen LogP contribution >= 0.6 is 31.9 Å². The second-order valence-corrected chi connectivity index (χ2v) is 7.56. The van der Waals surface area contributed by atoms with E-state index in [1.54, 1.807) is 24.3 Å². The van der Waals surface area contributed by atoms with Gasteiger partial charge in [-0.3, -0.25) is 9.59 Å². The summed E-state index contributed by atoms with van der Waals surface area (Å²) < 4.78 is 22.1. The molecule has 0 atom stereocenters. The van der Waals surface area contributed by atoms with Crippen LogP contribution in [0.4, 0.5) is 0 Å². The van der Waals surface area contributed by atoms with Crippen LogP contribution in [0.1, 0.15) is 11.1 Å². The van der Waals surface area contributed by atoms with Gasteiger partial charge >= 0.3 is 11.8 Å². The van der Waals surface area contributed by atoms with E-state index in [9.17, 15) is 9.59 Å². The summed E-state index contributed by atoms with van der Waals surface area (Å²) in [6.45, 7) is 0. The molecule has 0 fully saturated rings. The predicted molar refractivity (Wildman–Crippen MR) is 126 cm³/mol. The topological polar surface area (TPSA) is 120 Å². The lowest BCUT2D eigenvalue weighted by molar-refractivity contribution is -0.139. The summed E-state index contributed by atoms with van der Waals surface area (Å²) in [4.78, 5) is 23.8. The van der Waals surface area contributed by atoms with Crippen molar-refractivity contribution in [2.45, 2.75) is 0 Å². The summed E-state index contributed by atoms with van der Waals surface area (Å²) in [5.74, 6) is 0.0225. The van der Waals surface area contributed by atoms with Gasteiger partial charge in [0.1, 0.15) is 0 Å². The summed E-state index contributed by atoms with van der Waals surface area (Å²) >= 11 is 6.74. The first-order chi connectivity index (χ1) is 15.3. The SMILES string of the molecule is COc1cc(Br)c(/C=N/NC(=O)C(=O)N/N=C/c2cc(OC)c(OC)cc2Br)cc1OC. The molecule has 0 saturated heterocycles. The number of halogens is 2. The number of methoxy groups -OCH3 is 4. The van der Waals surface area contributed by atoms with Crippen LogP contribution in [-0.4, -0.2) is 52.7 Å². The summed E-state index contributed by atoms with van der Waals surface area (Å²) in [6, 6.07) is 6.69. The van der Waals surface area contributed by atoms with Crippen molar-refractivity contribution in [3.8, 4) is 23.0 Å². The van der Waals surface area contributed by atoms with E-state index in [0.29, 0.717) is 43.1 Å². The third-order valence-corrected chi connectivity index (χ3v) is 5.32. The van der Waals surface area contributed by atoms with Crippen molar-refractivity contribution >= 4 is 56.1 Å². The van der Waals surface area contributed by atoms with E-state index in [-0.39, 0.29) is 0 Å². The minimum Gasteiger partial charge on any atom is -0.493 e. The average molecular weight is 572 g/mol. The zero-order valence-corrected chi connectivity index (χ0v) is 20.7. The van der Waals surface area contributed by atoms with Crippen LogP contribution in [0.15, 0.2) is 43.4 Å². The molecule has 0 aliphatic rings. The smallest absolute Gasteiger partial charge is 0.331 e. The van der Waals surface area contributed by atoms with E-state index < -0.39 is 11.8 Å². The van der Waals surface area contributed by atoms with Gasteiger partial charge in [0.25, 0.3) is 0 Å². The average Bonchev–Trinajstić information content (AvgIpc) is 2.80. The Morgan fingerprint density at radius 3 is 1.31 bits per heavy atom. The number of nitrogens with zero attached hydrogens (tertiary/aromatic N) is 2. The maximum absolute atomic E-state index is 11.9. The minimum absolute atomic E-state index is 0.483. The maximum atomic E-state index is 11.9. The Morgan fingerprint density at radius 1 is 0.688 bits per heavy atom. The van der Waals surface area contributed by atoms with Gasteiger partial charge in [-0.1, -0.05) is 0 Å². The Labute approximate surface area is 201 Å². The largest absolute Gasteiger partial charge is 0.493 e. The van der Waals surface area contributed by atoms with Crippen LogP contribution in [-0.2, 0) is 9.59 Å². The summed E-state index contributed by atoms with van der Waals surface area (Å²) in [6.07, 6.45) is 2.70. The fourth-order valence-corrected chi connectivity index (χ4v) is 3.21. The first-order valence-electron chi connectivity index (χ1n) is 8.84. The van der Waals surface area contributed by atoms with Gasteiger partial charge in [0.15, 0.2) is 23.0 Å². The van der Waals surface area contributed by atoms with E-state index in [2.05, 4.69) is 52.9 Å². The molecular formula is C20H20Br2N4O6. The molecule has 0 saturated carbocycles. The molecule has 12 heteroatoms. The van der Waals surface area contributed by atoms with Crippen molar-refractivity contribution in [2.24, 2.45) is 10.2 Å². The third-order valence-electron chi connectivity index (χ3n) is 3.95. The molecule has 0 spiro atoms. The number of hydrazone groups is 2. The predicted octanol–water partition coefficient (Wildman–Crippen LogP) is 2.85. The van der Waals surface area contributed by atoms with Crippen LogP contribution in [0.5, 0.6) is 23.0 Å². The van der Waals surface area contributed by atoms with E-state index >= 15 is 0 Å². The number of hydrogen-bond acceptors (Lipinski definition) is 8. The van der Waals surface area contributed by atoms with Crippen molar-refractivity contribution < 1.29 is 28.5 Å². The maximum Gasteiger partial charge on any atom is 0.331 e. The van der Waals surface area contributed by atoms with E-state index in [4.69, 9.17) is 18.9 Å². The molecular weight excluding hydrogens is 552 g/mol. The van der Waals surface area contributed by atoms with Crippen molar-refractivity contribution in [1.82, 2.24) is 10.9 Å². The third kappa shape index (κ3) is 6.44. The molecule has 0 unspecified atom stereocenters. The zero-order chi connectivity index (χ0) is 23.7. The van der Waals surface area contributed by atoms with Crippen LogP contribution < -0.4 is 29.8 Å². The number of carbonyl (C=O) groups is 2. The molecule has 170 valence electrons. The number of rotatable bonds is 8. The molecule has 2 aromatic carbocycles. The van der Waals surface area contributed by atoms with E-state index in [1.165, 1.54) is 40.9 Å². The molecule has 0 aliphatic heterocycles. The van der Waals surface area contributed by atoms with E-state index in [1.807, 2.05) is 0 Å². The first kappa shape index (κ1) is 25.1. The fourth-order valence-electron chi connectivity index (χ4n) is 2.36. The van der Waals surface area contributed by atoms with Crippen LogP contribution in [0.2, 0.25) is 0 Å². The highest BCUT2D eigenvalue weighted by molar-refractivity contribution is 9.10. The lowest BCUT2D eigenvalue weighted by Gasteiger charge is -2.09. The number of amides is 2. The normalized spacial score (nSPS) is 10.8. The van der Waals surface area contributed by atoms with Gasteiger partial charge in [0.2, 0.25) is 0 Å². The highest BCUT2D eigenvalue weighted by atomic mass is 79.9. The molecule has 0 aromatic heterocycles. The quantitative estimate of drug-likeness (QED) is 0.286. The van der Waals surface area contributed by atoms with Crippen molar-refractivity contribution in [3.05, 3.63) is 44.3 Å². The Bertz CT molecular complexity index is 975. The summed E-state index contributed by atoms with van der Waals surface area (Å²) in [5.41, 5.74) is 5.44. The number of hydrogen-bond donors (Lipinski definition) is 2. The fraction of sp³-hybridized carbons (Fsp3) is 0.200. The molecule has 0 bridgehead atoms. The molecule has 32 heavy (non-hydrogen) atoms.